The molecule has 3 nitrogen and oxygen atoms in total. The highest BCUT2D eigenvalue weighted by Crippen LogP contribution is 2.38. The molecule has 2 unspecified atom stereocenters. The van der Waals surface area contributed by atoms with Crippen LogP contribution in [0.1, 0.15) is 25.7 Å². The number of aliphatic hydroxyl groups excluding tert-OH is 1. The van der Waals surface area contributed by atoms with Crippen molar-refractivity contribution < 1.29 is 9.84 Å². The Morgan fingerprint density at radius 3 is 2.19 bits per heavy atom. The van der Waals surface area contributed by atoms with E-state index in [0.717, 1.165) is 31.6 Å². The van der Waals surface area contributed by atoms with Crippen LogP contribution in [0.15, 0.2) is 0 Å². The first-order valence-electron chi connectivity index (χ1n) is 6.72. The Hall–Kier alpha value is -0.120. The molecule has 1 aliphatic carbocycles. The van der Waals surface area contributed by atoms with Gasteiger partial charge in [0.1, 0.15) is 0 Å². The van der Waals surface area contributed by atoms with Crippen LogP contribution in [0.3, 0.4) is 0 Å². The molecule has 1 N–H and O–H groups in total. The van der Waals surface area contributed by atoms with Crippen molar-refractivity contribution in [1.29, 1.82) is 0 Å². The number of fused-ring (bicyclic) bond motifs is 1. The first kappa shape index (κ1) is 11.0. The summed E-state index contributed by atoms with van der Waals surface area (Å²) in [5.41, 5.74) is 0.0769. The predicted molar refractivity (Wildman–Crippen MR) is 62.2 cm³/mol. The molecule has 3 rings (SSSR count). The Labute approximate surface area is 97.8 Å². The molecule has 2 atom stereocenters. The molecule has 2 aliphatic heterocycles. The van der Waals surface area contributed by atoms with Crippen LogP contribution in [-0.4, -0.2) is 49.5 Å². The van der Waals surface area contributed by atoms with Gasteiger partial charge in [-0.15, -0.1) is 0 Å². The lowest BCUT2D eigenvalue weighted by Gasteiger charge is -2.42. The highest BCUT2D eigenvalue weighted by Gasteiger charge is 2.43. The van der Waals surface area contributed by atoms with Crippen molar-refractivity contribution >= 4 is 0 Å². The third-order valence-corrected chi connectivity index (χ3v) is 4.76. The zero-order valence-corrected chi connectivity index (χ0v) is 10.0. The molecule has 0 bridgehead atoms. The highest BCUT2D eigenvalue weighted by molar-refractivity contribution is 4.93. The van der Waals surface area contributed by atoms with Crippen molar-refractivity contribution in [2.45, 2.75) is 25.7 Å². The molecule has 0 aromatic rings. The fourth-order valence-electron chi connectivity index (χ4n) is 3.73. The summed E-state index contributed by atoms with van der Waals surface area (Å²) in [4.78, 5) is 2.58. The summed E-state index contributed by atoms with van der Waals surface area (Å²) in [6, 6.07) is 0. The quantitative estimate of drug-likeness (QED) is 0.781. The Morgan fingerprint density at radius 2 is 1.75 bits per heavy atom. The van der Waals surface area contributed by atoms with Crippen molar-refractivity contribution in [3.63, 3.8) is 0 Å². The van der Waals surface area contributed by atoms with Crippen molar-refractivity contribution in [3.05, 3.63) is 0 Å². The zero-order valence-electron chi connectivity index (χ0n) is 10.0. The fraction of sp³-hybridized carbons (Fsp3) is 1.00. The number of likely N-dealkylation sites (tertiary alicyclic amines) is 1. The van der Waals surface area contributed by atoms with E-state index >= 15 is 0 Å². The minimum Gasteiger partial charge on any atom is -0.396 e. The Balaban J connectivity index is 1.56. The van der Waals surface area contributed by atoms with Gasteiger partial charge < -0.3 is 14.7 Å². The molecule has 0 amide bonds. The Kier molecular flexibility index (Phi) is 2.94. The molecule has 3 aliphatic rings. The number of hydrogen-bond acceptors (Lipinski definition) is 3. The van der Waals surface area contributed by atoms with Gasteiger partial charge in [-0.2, -0.15) is 0 Å². The maximum Gasteiger partial charge on any atom is 0.0579 e. The predicted octanol–water partition coefficient (Wildman–Crippen LogP) is 1.12. The molecular weight excluding hydrogens is 202 g/mol. The van der Waals surface area contributed by atoms with Crippen LogP contribution in [0.4, 0.5) is 0 Å². The lowest BCUT2D eigenvalue weighted by molar-refractivity contribution is -0.147. The smallest absolute Gasteiger partial charge is 0.0579 e. The lowest BCUT2D eigenvalue weighted by atomic mass is 9.82. The number of rotatable bonds is 3. The van der Waals surface area contributed by atoms with Crippen LogP contribution in [0, 0.1) is 17.3 Å². The van der Waals surface area contributed by atoms with Gasteiger partial charge in [-0.3, -0.25) is 0 Å². The average molecular weight is 225 g/mol. The summed E-state index contributed by atoms with van der Waals surface area (Å²) in [7, 11) is 0. The number of ether oxygens (including phenoxy) is 1. The molecule has 1 saturated carbocycles. The van der Waals surface area contributed by atoms with Gasteiger partial charge >= 0.3 is 0 Å². The fourth-order valence-corrected chi connectivity index (χ4v) is 3.73. The summed E-state index contributed by atoms with van der Waals surface area (Å²) < 4.78 is 5.27. The van der Waals surface area contributed by atoms with Crippen molar-refractivity contribution in [2.75, 3.05) is 39.5 Å². The second-order valence-electron chi connectivity index (χ2n) is 6.15. The van der Waals surface area contributed by atoms with Gasteiger partial charge in [-0.1, -0.05) is 12.8 Å². The first-order chi connectivity index (χ1) is 7.81. The molecule has 16 heavy (non-hydrogen) atoms. The molecule has 0 spiro atoms. The van der Waals surface area contributed by atoms with Gasteiger partial charge in [0.25, 0.3) is 0 Å². The van der Waals surface area contributed by atoms with E-state index < -0.39 is 0 Å². The van der Waals surface area contributed by atoms with Gasteiger partial charge in [-0.25, -0.2) is 0 Å². The van der Waals surface area contributed by atoms with Gasteiger partial charge in [-0.05, 0) is 24.7 Å². The van der Waals surface area contributed by atoms with Crippen LogP contribution >= 0.6 is 0 Å². The van der Waals surface area contributed by atoms with E-state index in [1.807, 2.05) is 0 Å². The lowest BCUT2D eigenvalue weighted by Crippen LogP contribution is -2.53. The Bertz CT molecular complexity index is 233. The normalized spacial score (nSPS) is 38.1. The number of aliphatic hydroxyl groups is 1. The van der Waals surface area contributed by atoms with Gasteiger partial charge in [0.2, 0.25) is 0 Å². The molecule has 2 saturated heterocycles. The largest absolute Gasteiger partial charge is 0.396 e. The van der Waals surface area contributed by atoms with Crippen LogP contribution in [0.25, 0.3) is 0 Å². The molecule has 3 heteroatoms. The minimum absolute atomic E-state index is 0.0769. The first-order valence-corrected chi connectivity index (χ1v) is 6.72. The summed E-state index contributed by atoms with van der Waals surface area (Å²) >= 11 is 0. The summed E-state index contributed by atoms with van der Waals surface area (Å²) in [5.74, 6) is 1.90. The van der Waals surface area contributed by atoms with Crippen molar-refractivity contribution in [1.82, 2.24) is 4.90 Å². The third-order valence-electron chi connectivity index (χ3n) is 4.76. The SMILES string of the molecule is OCC1(CN2CC3CCCCC3C2)COC1. The summed E-state index contributed by atoms with van der Waals surface area (Å²) in [5, 5.41) is 9.45. The molecule has 92 valence electrons. The van der Waals surface area contributed by atoms with Gasteiger partial charge in [0, 0.05) is 19.6 Å². The minimum atomic E-state index is 0.0769. The van der Waals surface area contributed by atoms with E-state index in [-0.39, 0.29) is 5.41 Å². The van der Waals surface area contributed by atoms with Crippen molar-refractivity contribution in [3.8, 4) is 0 Å². The summed E-state index contributed by atoms with van der Waals surface area (Å²) in [6.45, 7) is 5.40. The van der Waals surface area contributed by atoms with E-state index in [2.05, 4.69) is 4.90 Å². The van der Waals surface area contributed by atoms with Crippen LogP contribution < -0.4 is 0 Å². The maximum absolute atomic E-state index is 9.45. The van der Waals surface area contributed by atoms with Crippen molar-refractivity contribution in [2.24, 2.45) is 17.3 Å². The standard InChI is InChI=1S/C13H23NO2/c15-8-13(9-16-10-13)7-14-5-11-3-1-2-4-12(11)6-14/h11-12,15H,1-10H2. The van der Waals surface area contributed by atoms with E-state index in [0.29, 0.717) is 6.61 Å². The molecule has 3 fully saturated rings. The third kappa shape index (κ3) is 1.89. The maximum atomic E-state index is 9.45. The van der Waals surface area contributed by atoms with Crippen LogP contribution in [0.2, 0.25) is 0 Å². The van der Waals surface area contributed by atoms with Crippen LogP contribution in [0.5, 0.6) is 0 Å². The van der Waals surface area contributed by atoms with E-state index in [1.165, 1.54) is 38.8 Å². The van der Waals surface area contributed by atoms with Gasteiger partial charge in [0.15, 0.2) is 0 Å². The molecule has 0 aromatic heterocycles. The molecule has 2 heterocycles. The van der Waals surface area contributed by atoms with E-state index in [4.69, 9.17) is 4.74 Å². The number of nitrogens with zero attached hydrogens (tertiary/aromatic N) is 1. The Morgan fingerprint density at radius 1 is 1.12 bits per heavy atom. The van der Waals surface area contributed by atoms with E-state index in [1.54, 1.807) is 0 Å². The van der Waals surface area contributed by atoms with Crippen LogP contribution in [-0.2, 0) is 4.74 Å². The second-order valence-corrected chi connectivity index (χ2v) is 6.15. The summed E-state index contributed by atoms with van der Waals surface area (Å²) in [6.07, 6.45) is 5.74. The number of hydrogen-bond donors (Lipinski definition) is 1. The molecular formula is C13H23NO2. The zero-order chi connectivity index (χ0) is 11.0. The second kappa shape index (κ2) is 4.28. The average Bonchev–Trinajstić information content (AvgIpc) is 2.65. The topological polar surface area (TPSA) is 32.7 Å². The highest BCUT2D eigenvalue weighted by atomic mass is 16.5. The molecule has 0 aromatic carbocycles. The molecule has 0 radical (unpaired) electrons. The van der Waals surface area contributed by atoms with E-state index in [9.17, 15) is 5.11 Å². The monoisotopic (exact) mass is 225 g/mol. The van der Waals surface area contributed by atoms with Gasteiger partial charge in [0.05, 0.1) is 25.2 Å².